The molecule has 7 nitrogen and oxygen atoms in total. The molecule has 0 bridgehead atoms. The van der Waals surface area contributed by atoms with Crippen molar-refractivity contribution in [2.24, 2.45) is 0 Å². The Bertz CT molecular complexity index is 810. The van der Waals surface area contributed by atoms with Crippen LogP contribution >= 0.6 is 0 Å². The number of nitrogens with zero attached hydrogens (tertiary/aromatic N) is 4. The predicted octanol–water partition coefficient (Wildman–Crippen LogP) is 2.87. The number of carbonyl (C=O) groups excluding carboxylic acids is 1. The summed E-state index contributed by atoms with van der Waals surface area (Å²) in [5.41, 5.74) is 1.61. The molecule has 1 amide bonds. The fourth-order valence-corrected chi connectivity index (χ4v) is 3.86. The molecule has 1 aromatic heterocycles. The molecule has 0 radical (unpaired) electrons. The van der Waals surface area contributed by atoms with Gasteiger partial charge in [-0.1, -0.05) is 30.3 Å². The number of rotatable bonds is 5. The Morgan fingerprint density at radius 2 is 1.72 bits per heavy atom. The SMILES string of the molecule is CC(C)N(Cc1ccccc1)C(=O)c1cnc(N2CCC3(CC2)OCCO3)nc1. The molecule has 0 atom stereocenters. The highest BCUT2D eigenvalue weighted by Crippen LogP contribution is 2.32. The van der Waals surface area contributed by atoms with Gasteiger partial charge in [-0.05, 0) is 19.4 Å². The van der Waals surface area contributed by atoms with Crippen LogP contribution in [0.2, 0.25) is 0 Å². The third-order valence-corrected chi connectivity index (χ3v) is 5.59. The van der Waals surface area contributed by atoms with E-state index in [-0.39, 0.29) is 11.9 Å². The maximum atomic E-state index is 13.0. The topological polar surface area (TPSA) is 67.8 Å². The Balaban J connectivity index is 1.41. The number of aromatic nitrogens is 2. The van der Waals surface area contributed by atoms with E-state index in [1.165, 1.54) is 0 Å². The molecule has 1 aromatic carbocycles. The molecule has 2 aromatic rings. The molecule has 4 rings (SSSR count). The van der Waals surface area contributed by atoms with Gasteiger partial charge in [-0.3, -0.25) is 4.79 Å². The van der Waals surface area contributed by atoms with E-state index in [2.05, 4.69) is 14.9 Å². The van der Waals surface area contributed by atoms with Crippen LogP contribution in [0.4, 0.5) is 5.95 Å². The number of hydrogen-bond donors (Lipinski definition) is 0. The molecule has 154 valence electrons. The Morgan fingerprint density at radius 1 is 1.10 bits per heavy atom. The second-order valence-electron chi connectivity index (χ2n) is 7.88. The molecule has 7 heteroatoms. The van der Waals surface area contributed by atoms with Gasteiger partial charge < -0.3 is 19.3 Å². The molecular formula is C22H28N4O3. The smallest absolute Gasteiger partial charge is 0.257 e. The Kier molecular flexibility index (Phi) is 5.78. The third kappa shape index (κ3) is 4.41. The molecule has 2 aliphatic rings. The lowest BCUT2D eigenvalue weighted by Gasteiger charge is -2.37. The zero-order chi connectivity index (χ0) is 20.3. The fraction of sp³-hybridized carbons (Fsp3) is 0.500. The van der Waals surface area contributed by atoms with Gasteiger partial charge in [0.25, 0.3) is 5.91 Å². The summed E-state index contributed by atoms with van der Waals surface area (Å²) in [4.78, 5) is 26.0. The van der Waals surface area contributed by atoms with Crippen LogP contribution in [0.25, 0.3) is 0 Å². The molecule has 3 heterocycles. The molecule has 0 aliphatic carbocycles. The van der Waals surface area contributed by atoms with Crippen LogP contribution in [0.5, 0.6) is 0 Å². The highest BCUT2D eigenvalue weighted by atomic mass is 16.7. The Hall–Kier alpha value is -2.51. The van der Waals surface area contributed by atoms with Crippen molar-refractivity contribution >= 4 is 11.9 Å². The van der Waals surface area contributed by atoms with E-state index in [1.54, 1.807) is 12.4 Å². The van der Waals surface area contributed by atoms with Crippen molar-refractivity contribution in [2.45, 2.75) is 45.1 Å². The summed E-state index contributed by atoms with van der Waals surface area (Å²) < 4.78 is 11.5. The number of piperidine rings is 1. The summed E-state index contributed by atoms with van der Waals surface area (Å²) in [6, 6.07) is 10.1. The summed E-state index contributed by atoms with van der Waals surface area (Å²) in [6.07, 6.45) is 4.88. The second kappa shape index (κ2) is 8.47. The third-order valence-electron chi connectivity index (χ3n) is 5.59. The van der Waals surface area contributed by atoms with Crippen LogP contribution in [0.1, 0.15) is 42.6 Å². The Labute approximate surface area is 171 Å². The molecule has 0 N–H and O–H groups in total. The Morgan fingerprint density at radius 3 is 2.31 bits per heavy atom. The minimum absolute atomic E-state index is 0.0549. The average molecular weight is 396 g/mol. The molecule has 29 heavy (non-hydrogen) atoms. The lowest BCUT2D eigenvalue weighted by molar-refractivity contribution is -0.169. The van der Waals surface area contributed by atoms with Crippen molar-refractivity contribution in [3.05, 3.63) is 53.9 Å². The van der Waals surface area contributed by atoms with Crippen molar-refractivity contribution in [1.82, 2.24) is 14.9 Å². The van der Waals surface area contributed by atoms with E-state index in [0.29, 0.717) is 31.3 Å². The zero-order valence-electron chi connectivity index (χ0n) is 17.1. The highest BCUT2D eigenvalue weighted by Gasteiger charge is 2.40. The predicted molar refractivity (Wildman–Crippen MR) is 110 cm³/mol. The van der Waals surface area contributed by atoms with Gasteiger partial charge in [0.1, 0.15) is 0 Å². The van der Waals surface area contributed by atoms with Crippen molar-refractivity contribution in [1.29, 1.82) is 0 Å². The number of anilines is 1. The summed E-state index contributed by atoms with van der Waals surface area (Å²) >= 11 is 0. The highest BCUT2D eigenvalue weighted by molar-refractivity contribution is 5.93. The van der Waals surface area contributed by atoms with Gasteiger partial charge in [0.05, 0.1) is 18.8 Å². The molecule has 2 fully saturated rings. The van der Waals surface area contributed by atoms with Crippen molar-refractivity contribution in [3.8, 4) is 0 Å². The van der Waals surface area contributed by atoms with Gasteiger partial charge >= 0.3 is 0 Å². The molecule has 2 aliphatic heterocycles. The van der Waals surface area contributed by atoms with Crippen LogP contribution in [0, 0.1) is 0 Å². The van der Waals surface area contributed by atoms with Crippen LogP contribution < -0.4 is 4.90 Å². The summed E-state index contributed by atoms with van der Waals surface area (Å²) in [6.45, 7) is 7.50. The standard InChI is InChI=1S/C22H28N4O3/c1-17(2)26(16-18-6-4-3-5-7-18)20(27)19-14-23-21(24-15-19)25-10-8-22(9-11-25)28-12-13-29-22/h3-7,14-15,17H,8-13,16H2,1-2H3. The summed E-state index contributed by atoms with van der Waals surface area (Å²) in [5.74, 6) is 0.177. The van der Waals surface area contributed by atoms with E-state index >= 15 is 0 Å². The van der Waals surface area contributed by atoms with Gasteiger partial charge in [0, 0.05) is 50.9 Å². The minimum Gasteiger partial charge on any atom is -0.347 e. The van der Waals surface area contributed by atoms with Gasteiger partial charge in [-0.25, -0.2) is 9.97 Å². The van der Waals surface area contributed by atoms with Crippen LogP contribution in [0.3, 0.4) is 0 Å². The van der Waals surface area contributed by atoms with Gasteiger partial charge in [0.15, 0.2) is 5.79 Å². The van der Waals surface area contributed by atoms with Crippen LogP contribution in [0.15, 0.2) is 42.7 Å². The second-order valence-corrected chi connectivity index (χ2v) is 7.88. The number of ether oxygens (including phenoxy) is 2. The van der Waals surface area contributed by atoms with E-state index in [0.717, 1.165) is 31.5 Å². The fourth-order valence-electron chi connectivity index (χ4n) is 3.86. The molecule has 0 unspecified atom stereocenters. The molecule has 2 saturated heterocycles. The first-order chi connectivity index (χ1) is 14.1. The van der Waals surface area contributed by atoms with Gasteiger partial charge in [0.2, 0.25) is 5.95 Å². The largest absolute Gasteiger partial charge is 0.347 e. The number of hydrogen-bond acceptors (Lipinski definition) is 6. The monoisotopic (exact) mass is 396 g/mol. The van der Waals surface area contributed by atoms with E-state index in [9.17, 15) is 4.79 Å². The maximum absolute atomic E-state index is 13.0. The van der Waals surface area contributed by atoms with E-state index in [4.69, 9.17) is 9.47 Å². The first-order valence-electron chi connectivity index (χ1n) is 10.3. The molecule has 0 saturated carbocycles. The van der Waals surface area contributed by atoms with E-state index < -0.39 is 5.79 Å². The average Bonchev–Trinajstić information content (AvgIpc) is 3.21. The first kappa shape index (κ1) is 19.8. The quantitative estimate of drug-likeness (QED) is 0.774. The number of carbonyl (C=O) groups is 1. The molecular weight excluding hydrogens is 368 g/mol. The van der Waals surface area contributed by atoms with Gasteiger partial charge in [-0.2, -0.15) is 0 Å². The van der Waals surface area contributed by atoms with Crippen molar-refractivity contribution < 1.29 is 14.3 Å². The van der Waals surface area contributed by atoms with Crippen molar-refractivity contribution in [3.63, 3.8) is 0 Å². The normalized spacial score (nSPS) is 18.4. The van der Waals surface area contributed by atoms with E-state index in [1.807, 2.05) is 49.1 Å². The lowest BCUT2D eigenvalue weighted by atomic mass is 10.0. The number of amides is 1. The molecule has 1 spiro atoms. The zero-order valence-corrected chi connectivity index (χ0v) is 17.1. The summed E-state index contributed by atoms with van der Waals surface area (Å²) in [5, 5.41) is 0. The van der Waals surface area contributed by atoms with Gasteiger partial charge in [-0.15, -0.1) is 0 Å². The van der Waals surface area contributed by atoms with Crippen LogP contribution in [-0.2, 0) is 16.0 Å². The van der Waals surface area contributed by atoms with Crippen molar-refractivity contribution in [2.75, 3.05) is 31.2 Å². The first-order valence-corrected chi connectivity index (χ1v) is 10.3. The van der Waals surface area contributed by atoms with Crippen LogP contribution in [-0.4, -0.2) is 58.9 Å². The summed E-state index contributed by atoms with van der Waals surface area (Å²) in [7, 11) is 0. The maximum Gasteiger partial charge on any atom is 0.257 e. The lowest BCUT2D eigenvalue weighted by Crippen LogP contribution is -2.45. The number of benzene rings is 1. The minimum atomic E-state index is -0.415.